The van der Waals surface area contributed by atoms with Gasteiger partial charge in [-0.15, -0.1) is 0 Å². The second-order valence-corrected chi connectivity index (χ2v) is 6.26. The van der Waals surface area contributed by atoms with Crippen molar-refractivity contribution < 1.29 is 22.4 Å². The molecule has 26 heavy (non-hydrogen) atoms. The fourth-order valence-corrected chi connectivity index (χ4v) is 2.55. The molecular weight excluding hydrogens is 348 g/mol. The summed E-state index contributed by atoms with van der Waals surface area (Å²) in [6, 6.07) is 6.32. The van der Waals surface area contributed by atoms with E-state index >= 15 is 0 Å². The molecule has 0 fully saturated rings. The van der Waals surface area contributed by atoms with Gasteiger partial charge < -0.3 is 4.90 Å². The van der Waals surface area contributed by atoms with E-state index in [1.54, 1.807) is 25.9 Å². The third-order valence-electron chi connectivity index (χ3n) is 4.26. The first-order chi connectivity index (χ1) is 12.2. The van der Waals surface area contributed by atoms with Crippen LogP contribution in [0.25, 0.3) is 0 Å². The maximum absolute atomic E-state index is 13.7. The molecule has 1 amide bonds. The van der Waals surface area contributed by atoms with Crippen molar-refractivity contribution in [3.8, 4) is 0 Å². The highest BCUT2D eigenvalue weighted by molar-refractivity contribution is 5.78. The van der Waals surface area contributed by atoms with E-state index in [1.165, 1.54) is 17.0 Å². The molecule has 7 heteroatoms. The number of rotatable bonds is 6. The predicted octanol–water partition coefficient (Wildman–Crippen LogP) is 3.89. The van der Waals surface area contributed by atoms with Crippen LogP contribution in [0.5, 0.6) is 0 Å². The molecule has 0 aliphatic carbocycles. The Morgan fingerprint density at radius 2 is 1.65 bits per heavy atom. The van der Waals surface area contributed by atoms with Gasteiger partial charge in [-0.2, -0.15) is 0 Å². The van der Waals surface area contributed by atoms with Crippen LogP contribution in [0.15, 0.2) is 36.4 Å². The molecule has 0 saturated heterocycles. The Bertz CT molecular complexity index is 797. The smallest absolute Gasteiger partial charge is 0.236 e. The van der Waals surface area contributed by atoms with Crippen LogP contribution in [0.1, 0.15) is 24.1 Å². The SMILES string of the molecule is CC(c1ccc(F)c(F)c1)N(C)C(=O)CN(C)Cc1ccc(F)cc1F. The molecule has 3 nitrogen and oxygen atoms in total. The Hall–Kier alpha value is -2.41. The lowest BCUT2D eigenvalue weighted by atomic mass is 10.1. The molecule has 1 unspecified atom stereocenters. The molecule has 0 radical (unpaired) electrons. The van der Waals surface area contributed by atoms with Gasteiger partial charge in [0.25, 0.3) is 0 Å². The molecule has 0 spiro atoms. The van der Waals surface area contributed by atoms with Gasteiger partial charge in [0, 0.05) is 25.2 Å². The van der Waals surface area contributed by atoms with E-state index in [9.17, 15) is 22.4 Å². The highest BCUT2D eigenvalue weighted by Gasteiger charge is 2.20. The first-order valence-corrected chi connectivity index (χ1v) is 8.02. The molecule has 0 bridgehead atoms. The van der Waals surface area contributed by atoms with Gasteiger partial charge in [0.1, 0.15) is 11.6 Å². The van der Waals surface area contributed by atoms with Gasteiger partial charge in [-0.05, 0) is 37.7 Å². The normalized spacial score (nSPS) is 12.3. The molecule has 0 aromatic heterocycles. The number of benzene rings is 2. The van der Waals surface area contributed by atoms with Crippen molar-refractivity contribution in [1.82, 2.24) is 9.80 Å². The minimum Gasteiger partial charge on any atom is -0.338 e. The van der Waals surface area contributed by atoms with E-state index in [0.29, 0.717) is 5.56 Å². The number of likely N-dealkylation sites (N-methyl/N-ethyl adjacent to an activating group) is 2. The molecule has 0 aliphatic rings. The summed E-state index contributed by atoms with van der Waals surface area (Å²) in [6.07, 6.45) is 0. The Kier molecular flexibility index (Phi) is 6.37. The summed E-state index contributed by atoms with van der Waals surface area (Å²) in [7, 11) is 3.19. The maximum Gasteiger partial charge on any atom is 0.236 e. The van der Waals surface area contributed by atoms with Crippen molar-refractivity contribution in [2.24, 2.45) is 0 Å². The molecular formula is C19H20F4N2O. The molecule has 140 valence electrons. The van der Waals surface area contributed by atoms with E-state index in [2.05, 4.69) is 0 Å². The van der Waals surface area contributed by atoms with Crippen LogP contribution < -0.4 is 0 Å². The van der Waals surface area contributed by atoms with Gasteiger partial charge in [-0.1, -0.05) is 12.1 Å². The summed E-state index contributed by atoms with van der Waals surface area (Å²) >= 11 is 0. The monoisotopic (exact) mass is 368 g/mol. The first kappa shape index (κ1) is 19.9. The minimum absolute atomic E-state index is 0.0126. The molecule has 0 saturated carbocycles. The maximum atomic E-state index is 13.7. The number of carbonyl (C=O) groups is 1. The number of nitrogens with zero attached hydrogens (tertiary/aromatic N) is 2. The lowest BCUT2D eigenvalue weighted by Gasteiger charge is -2.27. The quantitative estimate of drug-likeness (QED) is 0.722. The predicted molar refractivity (Wildman–Crippen MR) is 90.2 cm³/mol. The van der Waals surface area contributed by atoms with Gasteiger partial charge in [0.05, 0.1) is 12.6 Å². The summed E-state index contributed by atoms with van der Waals surface area (Å²) in [5, 5.41) is 0. The second kappa shape index (κ2) is 8.31. The van der Waals surface area contributed by atoms with Crippen molar-refractivity contribution in [3.63, 3.8) is 0 Å². The zero-order chi connectivity index (χ0) is 19.4. The minimum atomic E-state index is -0.973. The van der Waals surface area contributed by atoms with Crippen LogP contribution in [-0.4, -0.2) is 36.3 Å². The van der Waals surface area contributed by atoms with Crippen molar-refractivity contribution >= 4 is 5.91 Å². The average molecular weight is 368 g/mol. The number of hydrogen-bond donors (Lipinski definition) is 0. The Balaban J connectivity index is 1.99. The summed E-state index contributed by atoms with van der Waals surface area (Å²) in [5.41, 5.74) is 0.741. The molecule has 0 aliphatic heterocycles. The lowest BCUT2D eigenvalue weighted by molar-refractivity contribution is -0.132. The third-order valence-corrected chi connectivity index (χ3v) is 4.26. The highest BCUT2D eigenvalue weighted by atomic mass is 19.2. The number of amides is 1. The van der Waals surface area contributed by atoms with Crippen molar-refractivity contribution in [2.45, 2.75) is 19.5 Å². The first-order valence-electron chi connectivity index (χ1n) is 8.02. The summed E-state index contributed by atoms with van der Waals surface area (Å²) in [6.45, 7) is 1.82. The van der Waals surface area contributed by atoms with Crippen LogP contribution in [0.4, 0.5) is 17.6 Å². The topological polar surface area (TPSA) is 23.6 Å². The van der Waals surface area contributed by atoms with E-state index in [0.717, 1.165) is 24.3 Å². The van der Waals surface area contributed by atoms with E-state index < -0.39 is 29.3 Å². The lowest BCUT2D eigenvalue weighted by Crippen LogP contribution is -2.37. The average Bonchev–Trinajstić information content (AvgIpc) is 2.58. The number of hydrogen-bond acceptors (Lipinski definition) is 2. The summed E-state index contributed by atoms with van der Waals surface area (Å²) in [5.74, 6) is -3.53. The fraction of sp³-hybridized carbons (Fsp3) is 0.316. The summed E-state index contributed by atoms with van der Waals surface area (Å²) in [4.78, 5) is 15.4. The zero-order valence-electron chi connectivity index (χ0n) is 14.8. The summed E-state index contributed by atoms with van der Waals surface area (Å²) < 4.78 is 53.1. The molecule has 0 heterocycles. The number of carbonyl (C=O) groups excluding carboxylic acids is 1. The van der Waals surface area contributed by atoms with Crippen LogP contribution in [-0.2, 0) is 11.3 Å². The van der Waals surface area contributed by atoms with Gasteiger partial charge >= 0.3 is 0 Å². The van der Waals surface area contributed by atoms with Gasteiger partial charge in [-0.3, -0.25) is 9.69 Å². The largest absolute Gasteiger partial charge is 0.338 e. The standard InChI is InChI=1S/C19H20F4N2O/c1-12(13-5-7-16(21)18(23)8-13)25(3)19(26)11-24(2)10-14-4-6-15(20)9-17(14)22/h4-9,12H,10-11H2,1-3H3. The van der Waals surface area contributed by atoms with Crippen LogP contribution in [0.2, 0.25) is 0 Å². The van der Waals surface area contributed by atoms with Gasteiger partial charge in [-0.25, -0.2) is 17.6 Å². The third kappa shape index (κ3) is 4.82. The van der Waals surface area contributed by atoms with Gasteiger partial charge in [0.2, 0.25) is 5.91 Å². The van der Waals surface area contributed by atoms with Crippen LogP contribution in [0.3, 0.4) is 0 Å². The number of halogens is 4. The van der Waals surface area contributed by atoms with E-state index in [-0.39, 0.29) is 24.6 Å². The Morgan fingerprint density at radius 1 is 0.962 bits per heavy atom. The fourth-order valence-electron chi connectivity index (χ4n) is 2.55. The highest BCUT2D eigenvalue weighted by Crippen LogP contribution is 2.21. The van der Waals surface area contributed by atoms with Gasteiger partial charge in [0.15, 0.2) is 11.6 Å². The van der Waals surface area contributed by atoms with Crippen molar-refractivity contribution in [3.05, 3.63) is 70.8 Å². The molecule has 1 atom stereocenters. The van der Waals surface area contributed by atoms with Crippen LogP contribution in [0, 0.1) is 23.3 Å². The van der Waals surface area contributed by atoms with Crippen molar-refractivity contribution in [1.29, 1.82) is 0 Å². The Labute approximate surface area is 149 Å². The van der Waals surface area contributed by atoms with Crippen LogP contribution >= 0.6 is 0 Å². The second-order valence-electron chi connectivity index (χ2n) is 6.26. The Morgan fingerprint density at radius 3 is 2.27 bits per heavy atom. The van der Waals surface area contributed by atoms with Crippen molar-refractivity contribution in [2.75, 3.05) is 20.6 Å². The molecule has 2 aromatic carbocycles. The van der Waals surface area contributed by atoms with E-state index in [1.807, 2.05) is 0 Å². The molecule has 2 aromatic rings. The molecule has 2 rings (SSSR count). The molecule has 0 N–H and O–H groups in total. The van der Waals surface area contributed by atoms with E-state index in [4.69, 9.17) is 0 Å². The zero-order valence-corrected chi connectivity index (χ0v) is 14.8.